The van der Waals surface area contributed by atoms with Crippen molar-refractivity contribution >= 4 is 6.09 Å². The highest BCUT2D eigenvalue weighted by Gasteiger charge is 2.57. The molecule has 2 saturated heterocycles. The van der Waals surface area contributed by atoms with Gasteiger partial charge in [0.05, 0.1) is 18.3 Å². The Morgan fingerprint density at radius 3 is 2.68 bits per heavy atom. The molecule has 0 saturated carbocycles. The van der Waals surface area contributed by atoms with Crippen LogP contribution >= 0.6 is 0 Å². The Balaban J connectivity index is 1.98. The summed E-state index contributed by atoms with van der Waals surface area (Å²) in [5.41, 5.74) is 0.0708. The highest BCUT2D eigenvalue weighted by molar-refractivity contribution is 5.70. The van der Waals surface area contributed by atoms with Crippen molar-refractivity contribution in [3.63, 3.8) is 0 Å². The van der Waals surface area contributed by atoms with Crippen LogP contribution in [0.15, 0.2) is 12.3 Å². The SMILES string of the molecule is Cn1nccc1[C@H]1[C@H](O)[C@@H]2OC(C)(C)OC[C@H]2N1C(=O)OC(C)(C)C. The number of nitrogens with zero attached hydrogens (tertiary/aromatic N) is 3. The van der Waals surface area contributed by atoms with Crippen molar-refractivity contribution in [3.05, 3.63) is 18.0 Å². The predicted molar refractivity (Wildman–Crippen MR) is 88.7 cm³/mol. The molecular weight excluding hydrogens is 326 g/mol. The topological polar surface area (TPSA) is 86.1 Å². The molecule has 2 aliphatic heterocycles. The van der Waals surface area contributed by atoms with E-state index < -0.39 is 41.8 Å². The summed E-state index contributed by atoms with van der Waals surface area (Å²) in [5, 5.41) is 15.1. The largest absolute Gasteiger partial charge is 0.444 e. The van der Waals surface area contributed by atoms with Gasteiger partial charge in [0.15, 0.2) is 5.79 Å². The highest BCUT2D eigenvalue weighted by atomic mass is 16.7. The molecular formula is C17H27N3O5. The van der Waals surface area contributed by atoms with E-state index in [1.165, 1.54) is 4.90 Å². The number of aryl methyl sites for hydroxylation is 1. The number of aliphatic hydroxyl groups excluding tert-OH is 1. The van der Waals surface area contributed by atoms with Gasteiger partial charge < -0.3 is 19.3 Å². The van der Waals surface area contributed by atoms with Crippen molar-refractivity contribution in [2.75, 3.05) is 6.61 Å². The van der Waals surface area contributed by atoms with Gasteiger partial charge in [-0.15, -0.1) is 0 Å². The van der Waals surface area contributed by atoms with Crippen LogP contribution in [0.3, 0.4) is 0 Å². The van der Waals surface area contributed by atoms with E-state index in [2.05, 4.69) is 5.10 Å². The Morgan fingerprint density at radius 2 is 2.12 bits per heavy atom. The molecule has 0 aromatic carbocycles. The molecule has 0 aliphatic carbocycles. The highest BCUT2D eigenvalue weighted by Crippen LogP contribution is 2.43. The summed E-state index contributed by atoms with van der Waals surface area (Å²) in [7, 11) is 1.78. The molecule has 1 aromatic heterocycles. The van der Waals surface area contributed by atoms with Crippen LogP contribution in [-0.2, 0) is 21.3 Å². The number of amides is 1. The Hall–Kier alpha value is -1.64. The Kier molecular flexibility index (Phi) is 4.33. The summed E-state index contributed by atoms with van der Waals surface area (Å²) in [6.07, 6.45) is -0.331. The van der Waals surface area contributed by atoms with Gasteiger partial charge in [0, 0.05) is 13.2 Å². The summed E-state index contributed by atoms with van der Waals surface area (Å²) < 4.78 is 18.9. The maximum Gasteiger partial charge on any atom is 0.411 e. The van der Waals surface area contributed by atoms with Gasteiger partial charge in [0.2, 0.25) is 0 Å². The smallest absolute Gasteiger partial charge is 0.411 e. The molecule has 8 nitrogen and oxygen atoms in total. The summed E-state index contributed by atoms with van der Waals surface area (Å²) in [4.78, 5) is 14.4. The molecule has 1 aromatic rings. The lowest BCUT2D eigenvalue weighted by atomic mass is 10.0. The molecule has 0 bridgehead atoms. The van der Waals surface area contributed by atoms with Gasteiger partial charge in [0.25, 0.3) is 0 Å². The van der Waals surface area contributed by atoms with E-state index >= 15 is 0 Å². The van der Waals surface area contributed by atoms with Crippen molar-refractivity contribution in [3.8, 4) is 0 Å². The van der Waals surface area contributed by atoms with Gasteiger partial charge in [-0.1, -0.05) is 0 Å². The van der Waals surface area contributed by atoms with Gasteiger partial charge >= 0.3 is 6.09 Å². The first-order valence-electron chi connectivity index (χ1n) is 8.49. The fourth-order valence-electron chi connectivity index (χ4n) is 3.46. The zero-order chi connectivity index (χ0) is 18.6. The molecule has 1 amide bonds. The van der Waals surface area contributed by atoms with E-state index in [-0.39, 0.29) is 6.61 Å². The second-order valence-electron chi connectivity index (χ2n) is 8.06. The van der Waals surface area contributed by atoms with Gasteiger partial charge in [-0.05, 0) is 40.7 Å². The van der Waals surface area contributed by atoms with E-state index in [0.717, 1.165) is 0 Å². The molecule has 25 heavy (non-hydrogen) atoms. The Bertz CT molecular complexity index is 651. The van der Waals surface area contributed by atoms with Crippen LogP contribution in [0.1, 0.15) is 46.4 Å². The van der Waals surface area contributed by atoms with Crippen molar-refractivity contribution in [2.45, 2.75) is 70.3 Å². The second-order valence-corrected chi connectivity index (χ2v) is 8.06. The van der Waals surface area contributed by atoms with E-state index in [9.17, 15) is 9.90 Å². The molecule has 3 heterocycles. The molecule has 2 aliphatic rings. The third-order valence-corrected chi connectivity index (χ3v) is 4.48. The molecule has 3 rings (SSSR count). The quantitative estimate of drug-likeness (QED) is 0.825. The molecule has 2 fully saturated rings. The zero-order valence-corrected chi connectivity index (χ0v) is 15.6. The number of rotatable bonds is 1. The van der Waals surface area contributed by atoms with Crippen LogP contribution in [0.2, 0.25) is 0 Å². The van der Waals surface area contributed by atoms with E-state index in [0.29, 0.717) is 5.69 Å². The lowest BCUT2D eigenvalue weighted by Crippen LogP contribution is -2.54. The van der Waals surface area contributed by atoms with Crippen molar-refractivity contribution < 1.29 is 24.1 Å². The summed E-state index contributed by atoms with van der Waals surface area (Å²) in [6, 6.07) is 0.738. The number of aromatic nitrogens is 2. The minimum Gasteiger partial charge on any atom is -0.444 e. The number of likely N-dealkylation sites (tertiary alicyclic amines) is 1. The maximum atomic E-state index is 12.9. The number of hydrogen-bond acceptors (Lipinski definition) is 6. The monoisotopic (exact) mass is 353 g/mol. The van der Waals surface area contributed by atoms with Crippen LogP contribution in [-0.4, -0.2) is 62.1 Å². The number of aliphatic hydroxyl groups is 1. The number of fused-ring (bicyclic) bond motifs is 1. The molecule has 0 unspecified atom stereocenters. The summed E-state index contributed by atoms with van der Waals surface area (Å²) in [6.45, 7) is 9.29. The van der Waals surface area contributed by atoms with Gasteiger partial charge in [-0.25, -0.2) is 4.79 Å². The first-order chi connectivity index (χ1) is 11.5. The standard InChI is InChI=1S/C17H27N3O5/c1-16(2,3)25-15(22)20-11-9-23-17(4,5)24-14(11)13(21)12(20)10-7-8-18-19(10)6/h7-8,11-14,21H,9H2,1-6H3/t11-,12+,13+,14-/m1/s1. The minimum absolute atomic E-state index is 0.266. The molecule has 8 heteroatoms. The maximum absolute atomic E-state index is 12.9. The molecule has 0 radical (unpaired) electrons. The van der Waals surface area contributed by atoms with Gasteiger partial charge in [0.1, 0.15) is 23.9 Å². The molecule has 140 valence electrons. The van der Waals surface area contributed by atoms with Gasteiger partial charge in [-0.2, -0.15) is 5.10 Å². The number of carbonyl (C=O) groups is 1. The third kappa shape index (κ3) is 3.38. The average molecular weight is 353 g/mol. The summed E-state index contributed by atoms with van der Waals surface area (Å²) in [5.74, 6) is -0.816. The van der Waals surface area contributed by atoms with Crippen LogP contribution < -0.4 is 0 Å². The first kappa shape index (κ1) is 18.2. The lowest BCUT2D eigenvalue weighted by Gasteiger charge is -2.40. The Labute approximate surface area is 147 Å². The van der Waals surface area contributed by atoms with Crippen molar-refractivity contribution in [2.24, 2.45) is 7.05 Å². The van der Waals surface area contributed by atoms with Crippen LogP contribution in [0.4, 0.5) is 4.79 Å². The Morgan fingerprint density at radius 1 is 1.44 bits per heavy atom. The van der Waals surface area contributed by atoms with Crippen molar-refractivity contribution in [1.82, 2.24) is 14.7 Å². The van der Waals surface area contributed by atoms with Crippen LogP contribution in [0, 0.1) is 0 Å². The number of ether oxygens (including phenoxy) is 3. The van der Waals surface area contributed by atoms with E-state index in [1.807, 2.05) is 20.8 Å². The van der Waals surface area contributed by atoms with E-state index in [1.54, 1.807) is 37.8 Å². The predicted octanol–water partition coefficient (Wildman–Crippen LogP) is 1.59. The molecule has 4 atom stereocenters. The zero-order valence-electron chi connectivity index (χ0n) is 15.6. The normalized spacial score (nSPS) is 31.7. The second kappa shape index (κ2) is 5.96. The lowest BCUT2D eigenvalue weighted by molar-refractivity contribution is -0.291. The molecule has 0 spiro atoms. The van der Waals surface area contributed by atoms with Gasteiger partial charge in [-0.3, -0.25) is 9.58 Å². The average Bonchev–Trinajstić information content (AvgIpc) is 2.98. The van der Waals surface area contributed by atoms with E-state index in [4.69, 9.17) is 14.2 Å². The third-order valence-electron chi connectivity index (χ3n) is 4.48. The van der Waals surface area contributed by atoms with Crippen molar-refractivity contribution in [1.29, 1.82) is 0 Å². The molecule has 1 N–H and O–H groups in total. The minimum atomic E-state index is -0.906. The fourth-order valence-corrected chi connectivity index (χ4v) is 3.46. The number of hydrogen-bond donors (Lipinski definition) is 1. The van der Waals surface area contributed by atoms with Crippen LogP contribution in [0.25, 0.3) is 0 Å². The number of carbonyl (C=O) groups excluding carboxylic acids is 1. The fraction of sp³-hybridized carbons (Fsp3) is 0.765. The van der Waals surface area contributed by atoms with Crippen LogP contribution in [0.5, 0.6) is 0 Å². The summed E-state index contributed by atoms with van der Waals surface area (Å²) >= 11 is 0. The first-order valence-corrected chi connectivity index (χ1v) is 8.49.